The van der Waals surface area contributed by atoms with Crippen LogP contribution in [0.4, 0.5) is 0 Å². The number of furan rings is 1. The van der Waals surface area contributed by atoms with Crippen molar-refractivity contribution in [1.82, 2.24) is 9.13 Å². The highest BCUT2D eigenvalue weighted by atomic mass is 16.3. The second kappa shape index (κ2) is 10.8. The molecule has 0 amide bonds. The molecule has 0 aliphatic rings. The summed E-state index contributed by atoms with van der Waals surface area (Å²) < 4.78 is 11.0. The Kier molecular flexibility index (Phi) is 5.96. The molecule has 3 heteroatoms. The number of nitrogens with zero attached hydrogens (tertiary/aromatic N) is 2. The van der Waals surface area contributed by atoms with Crippen molar-refractivity contribution in [2.75, 3.05) is 0 Å². The van der Waals surface area contributed by atoms with Gasteiger partial charge in [0.1, 0.15) is 11.2 Å². The third-order valence-corrected chi connectivity index (χ3v) is 10.5. The molecule has 8 aromatic carbocycles. The Bertz CT molecular complexity index is 3120. The molecule has 3 nitrogen and oxygen atoms in total. The van der Waals surface area contributed by atoms with Crippen LogP contribution < -0.4 is 0 Å². The van der Waals surface area contributed by atoms with Gasteiger partial charge in [0.25, 0.3) is 0 Å². The number of fused-ring (bicyclic) bond motifs is 9. The maximum absolute atomic E-state index is 6.18. The molecular formula is C48H30N2O. The molecule has 0 fully saturated rings. The van der Waals surface area contributed by atoms with Crippen molar-refractivity contribution in [3.63, 3.8) is 0 Å². The lowest BCUT2D eigenvalue weighted by Crippen LogP contribution is -1.95. The van der Waals surface area contributed by atoms with Crippen LogP contribution in [0.5, 0.6) is 0 Å². The van der Waals surface area contributed by atoms with E-state index in [1.165, 1.54) is 71.6 Å². The lowest BCUT2D eigenvalue weighted by molar-refractivity contribution is 0.669. The third-order valence-electron chi connectivity index (χ3n) is 10.5. The zero-order valence-corrected chi connectivity index (χ0v) is 27.6. The van der Waals surface area contributed by atoms with Gasteiger partial charge in [-0.25, -0.2) is 0 Å². The van der Waals surface area contributed by atoms with Crippen LogP contribution in [0.3, 0.4) is 0 Å². The van der Waals surface area contributed by atoms with Gasteiger partial charge < -0.3 is 13.6 Å². The van der Waals surface area contributed by atoms with Crippen LogP contribution in [-0.4, -0.2) is 9.13 Å². The van der Waals surface area contributed by atoms with Crippen molar-refractivity contribution < 1.29 is 4.42 Å². The first-order valence-corrected chi connectivity index (χ1v) is 17.4. The van der Waals surface area contributed by atoms with Crippen LogP contribution in [0.2, 0.25) is 0 Å². The Balaban J connectivity index is 1.07. The monoisotopic (exact) mass is 650 g/mol. The van der Waals surface area contributed by atoms with Crippen molar-refractivity contribution in [3.05, 3.63) is 182 Å². The fourth-order valence-electron chi connectivity index (χ4n) is 8.22. The largest absolute Gasteiger partial charge is 0.456 e. The van der Waals surface area contributed by atoms with Gasteiger partial charge in [-0.05, 0) is 83.4 Å². The average Bonchev–Trinajstić information content (AvgIpc) is 3.85. The van der Waals surface area contributed by atoms with E-state index in [1.807, 2.05) is 12.1 Å². The van der Waals surface area contributed by atoms with E-state index in [1.54, 1.807) is 0 Å². The molecule has 0 aliphatic heterocycles. The second-order valence-electron chi connectivity index (χ2n) is 13.3. The van der Waals surface area contributed by atoms with Gasteiger partial charge in [-0.1, -0.05) is 115 Å². The number of hydrogen-bond acceptors (Lipinski definition) is 1. The summed E-state index contributed by atoms with van der Waals surface area (Å²) in [5.74, 6) is 0. The summed E-state index contributed by atoms with van der Waals surface area (Å²) in [7, 11) is 0. The Morgan fingerprint density at radius 1 is 0.314 bits per heavy atom. The zero-order chi connectivity index (χ0) is 33.5. The first-order valence-electron chi connectivity index (χ1n) is 17.4. The van der Waals surface area contributed by atoms with Gasteiger partial charge in [0.15, 0.2) is 0 Å². The fourth-order valence-corrected chi connectivity index (χ4v) is 8.22. The Hall–Kier alpha value is -6.84. The minimum Gasteiger partial charge on any atom is -0.456 e. The maximum atomic E-state index is 6.18. The zero-order valence-electron chi connectivity index (χ0n) is 27.6. The molecule has 0 atom stereocenters. The number of hydrogen-bond donors (Lipinski definition) is 0. The van der Waals surface area contributed by atoms with E-state index >= 15 is 0 Å². The summed E-state index contributed by atoms with van der Waals surface area (Å²) in [4.78, 5) is 0. The van der Waals surface area contributed by atoms with Crippen molar-refractivity contribution in [1.29, 1.82) is 0 Å². The van der Waals surface area contributed by atoms with Crippen molar-refractivity contribution in [3.8, 4) is 33.6 Å². The predicted octanol–water partition coefficient (Wildman–Crippen LogP) is 13.1. The highest BCUT2D eigenvalue weighted by Gasteiger charge is 2.18. The van der Waals surface area contributed by atoms with Gasteiger partial charge >= 0.3 is 0 Å². The predicted molar refractivity (Wildman–Crippen MR) is 213 cm³/mol. The van der Waals surface area contributed by atoms with E-state index in [2.05, 4.69) is 179 Å². The van der Waals surface area contributed by atoms with E-state index in [0.717, 1.165) is 27.6 Å². The minimum atomic E-state index is 0.908. The van der Waals surface area contributed by atoms with Gasteiger partial charge in [-0.2, -0.15) is 0 Å². The first-order chi connectivity index (χ1) is 25.3. The van der Waals surface area contributed by atoms with Crippen LogP contribution in [0, 0.1) is 0 Å². The standard InChI is InChI=1S/C48H30N2O/c1-2-11-34(12-3-1)49-43-18-7-5-14-38(43)41-29-32(23-27-45(41)49)31-21-25-35(26-22-31)50-44-19-8-4-13-37(44)40-17-10-16-36(48(40)50)33-24-28-47-42(30-33)39-15-6-9-20-46(39)51-47/h1-30H. The van der Waals surface area contributed by atoms with Gasteiger partial charge in [0.05, 0.1) is 22.1 Å². The summed E-state index contributed by atoms with van der Waals surface area (Å²) in [5, 5.41) is 7.27. The van der Waals surface area contributed by atoms with Gasteiger partial charge in [-0.15, -0.1) is 0 Å². The Morgan fingerprint density at radius 2 is 0.882 bits per heavy atom. The second-order valence-corrected chi connectivity index (χ2v) is 13.3. The summed E-state index contributed by atoms with van der Waals surface area (Å²) in [5.41, 5.74) is 13.7. The SMILES string of the molecule is c1ccc(-n2c3ccccc3c3cc(-c4ccc(-n5c6ccccc6c6cccc(-c7ccc8oc9ccccc9c8c7)c65)cc4)ccc32)cc1. The molecule has 11 aromatic rings. The molecule has 0 N–H and O–H groups in total. The molecule has 0 spiro atoms. The normalized spacial score (nSPS) is 11.9. The smallest absolute Gasteiger partial charge is 0.135 e. The molecule has 51 heavy (non-hydrogen) atoms. The molecule has 0 unspecified atom stereocenters. The molecule has 11 rings (SSSR count). The summed E-state index contributed by atoms with van der Waals surface area (Å²) in [6, 6.07) is 65.5. The van der Waals surface area contributed by atoms with E-state index < -0.39 is 0 Å². The number of aromatic nitrogens is 2. The Labute approximate surface area is 293 Å². The molecule has 0 bridgehead atoms. The Morgan fingerprint density at radius 3 is 1.71 bits per heavy atom. The third kappa shape index (κ3) is 4.19. The highest BCUT2D eigenvalue weighted by molar-refractivity contribution is 6.15. The molecule has 3 heterocycles. The van der Waals surface area contributed by atoms with Gasteiger partial charge in [-0.3, -0.25) is 0 Å². The van der Waals surface area contributed by atoms with Crippen molar-refractivity contribution in [2.45, 2.75) is 0 Å². The van der Waals surface area contributed by atoms with Crippen LogP contribution >= 0.6 is 0 Å². The molecule has 0 saturated heterocycles. The lowest BCUT2D eigenvalue weighted by Gasteiger charge is -2.13. The van der Waals surface area contributed by atoms with Gasteiger partial charge in [0, 0.05) is 49.3 Å². The van der Waals surface area contributed by atoms with Crippen LogP contribution in [0.25, 0.3) is 99.2 Å². The molecule has 0 saturated carbocycles. The molecule has 3 aromatic heterocycles. The quantitative estimate of drug-likeness (QED) is 0.186. The lowest BCUT2D eigenvalue weighted by atomic mass is 9.99. The summed E-state index contributed by atoms with van der Waals surface area (Å²) in [6.07, 6.45) is 0. The van der Waals surface area contributed by atoms with E-state index in [-0.39, 0.29) is 0 Å². The average molecular weight is 651 g/mol. The summed E-state index contributed by atoms with van der Waals surface area (Å²) in [6.45, 7) is 0. The van der Waals surface area contributed by atoms with Crippen molar-refractivity contribution in [2.24, 2.45) is 0 Å². The number of rotatable bonds is 4. The molecule has 0 radical (unpaired) electrons. The van der Waals surface area contributed by atoms with E-state index in [4.69, 9.17) is 4.42 Å². The van der Waals surface area contributed by atoms with Crippen molar-refractivity contribution >= 4 is 65.6 Å². The van der Waals surface area contributed by atoms with E-state index in [0.29, 0.717) is 0 Å². The maximum Gasteiger partial charge on any atom is 0.135 e. The first kappa shape index (κ1) is 28.0. The topological polar surface area (TPSA) is 23.0 Å². The number of benzene rings is 8. The molecular weight excluding hydrogens is 621 g/mol. The minimum absolute atomic E-state index is 0.908. The van der Waals surface area contributed by atoms with E-state index in [9.17, 15) is 0 Å². The fraction of sp³-hybridized carbons (Fsp3) is 0. The van der Waals surface area contributed by atoms with Crippen LogP contribution in [0.15, 0.2) is 186 Å². The molecule has 238 valence electrons. The summed E-state index contributed by atoms with van der Waals surface area (Å²) >= 11 is 0. The molecule has 0 aliphatic carbocycles. The highest BCUT2D eigenvalue weighted by Crippen LogP contribution is 2.41. The number of para-hydroxylation sites is 5. The van der Waals surface area contributed by atoms with Crippen LogP contribution in [-0.2, 0) is 0 Å². The van der Waals surface area contributed by atoms with Gasteiger partial charge in [0.2, 0.25) is 0 Å². The van der Waals surface area contributed by atoms with Crippen LogP contribution in [0.1, 0.15) is 0 Å².